The summed E-state index contributed by atoms with van der Waals surface area (Å²) in [5.74, 6) is 1.44. The highest BCUT2D eigenvalue weighted by Crippen LogP contribution is 2.42. The van der Waals surface area contributed by atoms with Crippen LogP contribution in [0.2, 0.25) is 0 Å². The minimum Gasteiger partial charge on any atom is -0.488 e. The van der Waals surface area contributed by atoms with Gasteiger partial charge in [-0.05, 0) is 38.0 Å². The molecule has 5 rings (SSSR count). The molecule has 1 aromatic heterocycles. The van der Waals surface area contributed by atoms with Gasteiger partial charge in [0.1, 0.15) is 30.2 Å². The zero-order valence-corrected chi connectivity index (χ0v) is 16.3. The number of carbonyl (C=O) groups is 1. The van der Waals surface area contributed by atoms with Crippen molar-refractivity contribution in [3.8, 4) is 5.75 Å². The van der Waals surface area contributed by atoms with E-state index in [0.29, 0.717) is 18.9 Å². The SMILES string of the molecule is CC1(Oc2ccc3c(c2)C(c2cc(N4CCN(CCF)C(=O)C4)ncn2)=N3)CC1. The van der Waals surface area contributed by atoms with Gasteiger partial charge in [0.2, 0.25) is 5.91 Å². The normalized spacial score (nSPS) is 19.4. The molecule has 2 fully saturated rings. The van der Waals surface area contributed by atoms with Crippen molar-refractivity contribution in [1.82, 2.24) is 14.9 Å². The molecule has 7 nitrogen and oxygen atoms in total. The fourth-order valence-electron chi connectivity index (χ4n) is 3.64. The Morgan fingerprint density at radius 3 is 2.83 bits per heavy atom. The fraction of sp³-hybridized carbons (Fsp3) is 0.429. The van der Waals surface area contributed by atoms with Crippen molar-refractivity contribution in [3.63, 3.8) is 0 Å². The van der Waals surface area contributed by atoms with Gasteiger partial charge in [-0.15, -0.1) is 0 Å². The summed E-state index contributed by atoms with van der Waals surface area (Å²) in [5.41, 5.74) is 3.42. The van der Waals surface area contributed by atoms with Crippen LogP contribution in [-0.4, -0.2) is 64.9 Å². The maximum absolute atomic E-state index is 12.6. The van der Waals surface area contributed by atoms with Gasteiger partial charge in [0.25, 0.3) is 0 Å². The van der Waals surface area contributed by atoms with Crippen LogP contribution in [0.15, 0.2) is 35.6 Å². The van der Waals surface area contributed by atoms with E-state index in [-0.39, 0.29) is 24.6 Å². The zero-order valence-electron chi connectivity index (χ0n) is 16.3. The first kappa shape index (κ1) is 18.0. The molecule has 0 atom stereocenters. The number of carbonyl (C=O) groups excluding carboxylic acids is 1. The molecule has 29 heavy (non-hydrogen) atoms. The van der Waals surface area contributed by atoms with Crippen molar-refractivity contribution in [3.05, 3.63) is 41.9 Å². The number of benzene rings is 1. The van der Waals surface area contributed by atoms with Crippen molar-refractivity contribution in [2.75, 3.05) is 37.8 Å². The van der Waals surface area contributed by atoms with Crippen LogP contribution in [0.5, 0.6) is 5.75 Å². The molecule has 2 aromatic rings. The molecule has 0 unspecified atom stereocenters. The lowest BCUT2D eigenvalue weighted by Gasteiger charge is -2.34. The highest BCUT2D eigenvalue weighted by molar-refractivity contribution is 6.21. The number of ether oxygens (including phenoxy) is 1. The maximum atomic E-state index is 12.6. The molecule has 0 bridgehead atoms. The van der Waals surface area contributed by atoms with Crippen molar-refractivity contribution in [1.29, 1.82) is 0 Å². The van der Waals surface area contributed by atoms with Gasteiger partial charge in [-0.1, -0.05) is 0 Å². The quantitative estimate of drug-likeness (QED) is 0.641. The van der Waals surface area contributed by atoms with Gasteiger partial charge in [-0.3, -0.25) is 4.79 Å². The van der Waals surface area contributed by atoms with E-state index in [2.05, 4.69) is 21.9 Å². The summed E-state index contributed by atoms with van der Waals surface area (Å²) in [4.78, 5) is 29.0. The van der Waals surface area contributed by atoms with Crippen LogP contribution in [0, 0.1) is 0 Å². The maximum Gasteiger partial charge on any atom is 0.242 e. The molecular formula is C21H22FN5O2. The minimum atomic E-state index is -0.520. The van der Waals surface area contributed by atoms with Crippen molar-refractivity contribution in [2.24, 2.45) is 4.99 Å². The van der Waals surface area contributed by atoms with Crippen LogP contribution in [0.1, 0.15) is 31.0 Å². The van der Waals surface area contributed by atoms with Crippen LogP contribution < -0.4 is 9.64 Å². The summed E-state index contributed by atoms with van der Waals surface area (Å²) < 4.78 is 18.6. The van der Waals surface area contributed by atoms with Crippen LogP contribution >= 0.6 is 0 Å². The van der Waals surface area contributed by atoms with Gasteiger partial charge in [0.05, 0.1) is 23.6 Å². The lowest BCUT2D eigenvalue weighted by Crippen LogP contribution is -2.51. The Morgan fingerprint density at radius 2 is 2.07 bits per heavy atom. The second kappa shape index (κ2) is 6.79. The summed E-state index contributed by atoms with van der Waals surface area (Å²) in [6.07, 6.45) is 3.66. The molecule has 0 N–H and O–H groups in total. The third-order valence-electron chi connectivity index (χ3n) is 5.67. The highest BCUT2D eigenvalue weighted by atomic mass is 19.1. The first-order chi connectivity index (χ1) is 14.0. The van der Waals surface area contributed by atoms with E-state index >= 15 is 0 Å². The molecule has 150 valence electrons. The average molecular weight is 395 g/mol. The molecule has 1 amide bonds. The second-order valence-corrected chi connectivity index (χ2v) is 7.94. The summed E-state index contributed by atoms with van der Waals surface area (Å²) in [7, 11) is 0. The third-order valence-corrected chi connectivity index (χ3v) is 5.67. The number of rotatable bonds is 6. The molecular weight excluding hydrogens is 373 g/mol. The minimum absolute atomic E-state index is 0.0335. The molecule has 3 aliphatic rings. The number of halogens is 1. The first-order valence-electron chi connectivity index (χ1n) is 9.88. The highest BCUT2D eigenvalue weighted by Gasteiger charge is 2.40. The largest absolute Gasteiger partial charge is 0.488 e. The topological polar surface area (TPSA) is 70.9 Å². The monoisotopic (exact) mass is 395 g/mol. The van der Waals surface area contributed by atoms with E-state index in [1.807, 2.05) is 29.2 Å². The Hall–Kier alpha value is -3.03. The molecule has 2 aliphatic heterocycles. The summed E-state index contributed by atoms with van der Waals surface area (Å²) in [6, 6.07) is 7.79. The number of aromatic nitrogens is 2. The number of aliphatic imine (C=N–C) groups is 1. The number of hydrogen-bond donors (Lipinski definition) is 0. The zero-order chi connectivity index (χ0) is 20.0. The van der Waals surface area contributed by atoms with Crippen molar-refractivity contribution in [2.45, 2.75) is 25.4 Å². The van der Waals surface area contributed by atoms with Crippen LogP contribution in [0.25, 0.3) is 0 Å². The molecule has 0 spiro atoms. The Bertz CT molecular complexity index is 1000. The number of anilines is 1. The average Bonchev–Trinajstić information content (AvgIpc) is 3.43. The Balaban J connectivity index is 1.34. The molecule has 1 aromatic carbocycles. The number of hydrogen-bond acceptors (Lipinski definition) is 6. The predicted molar refractivity (Wildman–Crippen MR) is 107 cm³/mol. The van der Waals surface area contributed by atoms with E-state index < -0.39 is 6.67 Å². The van der Waals surface area contributed by atoms with Crippen molar-refractivity contribution >= 4 is 23.1 Å². The van der Waals surface area contributed by atoms with E-state index in [9.17, 15) is 9.18 Å². The Kier molecular flexibility index (Phi) is 4.22. The van der Waals surface area contributed by atoms with E-state index in [0.717, 1.165) is 41.2 Å². The van der Waals surface area contributed by atoms with Gasteiger partial charge in [-0.25, -0.2) is 19.4 Å². The molecule has 0 radical (unpaired) electrons. The second-order valence-electron chi connectivity index (χ2n) is 7.94. The summed E-state index contributed by atoms with van der Waals surface area (Å²) in [6.45, 7) is 3.04. The van der Waals surface area contributed by atoms with Crippen LogP contribution in [0.4, 0.5) is 15.9 Å². The molecule has 3 heterocycles. The Morgan fingerprint density at radius 1 is 1.21 bits per heavy atom. The van der Waals surface area contributed by atoms with E-state index in [1.54, 1.807) is 4.90 Å². The molecule has 1 aliphatic carbocycles. The molecule has 1 saturated carbocycles. The van der Waals surface area contributed by atoms with Crippen LogP contribution in [0.3, 0.4) is 0 Å². The van der Waals surface area contributed by atoms with Gasteiger partial charge < -0.3 is 14.5 Å². The fourth-order valence-corrected chi connectivity index (χ4v) is 3.64. The Labute approximate surface area is 168 Å². The van der Waals surface area contributed by atoms with Gasteiger partial charge >= 0.3 is 0 Å². The van der Waals surface area contributed by atoms with Gasteiger partial charge in [-0.2, -0.15) is 0 Å². The molecule has 1 saturated heterocycles. The third kappa shape index (κ3) is 3.43. The number of fused-ring (bicyclic) bond motifs is 1. The van der Waals surface area contributed by atoms with E-state index in [1.165, 1.54) is 6.33 Å². The van der Waals surface area contributed by atoms with E-state index in [4.69, 9.17) is 4.74 Å². The predicted octanol–water partition coefficient (Wildman–Crippen LogP) is 2.51. The van der Waals surface area contributed by atoms with Crippen molar-refractivity contribution < 1.29 is 13.9 Å². The first-order valence-corrected chi connectivity index (χ1v) is 9.88. The summed E-state index contributed by atoms with van der Waals surface area (Å²) >= 11 is 0. The smallest absolute Gasteiger partial charge is 0.242 e. The lowest BCUT2D eigenvalue weighted by atomic mass is 9.98. The number of amides is 1. The van der Waals surface area contributed by atoms with Gasteiger partial charge in [0, 0.05) is 31.3 Å². The number of piperazine rings is 1. The molecule has 8 heteroatoms. The standard InChI is InChI=1S/C21H22FN5O2/c1-21(4-5-21)29-14-2-3-16-15(10-14)20(25-16)17-11-18(24-13-23-17)27-9-8-26(7-6-22)19(28)12-27/h2-3,10-11,13H,4-9,12H2,1H3. The van der Waals surface area contributed by atoms with Crippen LogP contribution in [-0.2, 0) is 4.79 Å². The summed E-state index contributed by atoms with van der Waals surface area (Å²) in [5, 5.41) is 0. The van der Waals surface area contributed by atoms with Gasteiger partial charge in [0.15, 0.2) is 0 Å². The number of alkyl halides is 1. The number of nitrogens with zero attached hydrogens (tertiary/aromatic N) is 5. The lowest BCUT2D eigenvalue weighted by molar-refractivity contribution is -0.131.